The first-order chi connectivity index (χ1) is 15.6. The quantitative estimate of drug-likeness (QED) is 0.373. The Balaban J connectivity index is 1.29. The molecule has 0 radical (unpaired) electrons. The fourth-order valence-electron chi connectivity index (χ4n) is 3.93. The minimum Gasteiger partial charge on any atom is -0.465 e. The van der Waals surface area contributed by atoms with Crippen LogP contribution in [0.15, 0.2) is 60.9 Å². The first-order valence-electron chi connectivity index (χ1n) is 10.5. The van der Waals surface area contributed by atoms with Crippen LogP contribution in [0.5, 0.6) is 0 Å². The zero-order valence-electron chi connectivity index (χ0n) is 17.3. The molecule has 1 aliphatic rings. The normalized spacial score (nSPS) is 14.4. The van der Waals surface area contributed by atoms with Crippen LogP contribution in [0.25, 0.3) is 22.3 Å². The molecular weight excluding hydrogens is 406 g/mol. The molecule has 0 spiro atoms. The number of fused-ring (bicyclic) bond motifs is 1. The molecule has 4 N–H and O–H groups in total. The molecule has 0 aliphatic carbocycles. The van der Waals surface area contributed by atoms with Crippen LogP contribution in [0.3, 0.4) is 0 Å². The van der Waals surface area contributed by atoms with Crippen molar-refractivity contribution in [2.45, 2.75) is 18.9 Å². The molecule has 4 aromatic rings. The van der Waals surface area contributed by atoms with Gasteiger partial charge in [-0.25, -0.2) is 14.8 Å². The largest absolute Gasteiger partial charge is 0.465 e. The summed E-state index contributed by atoms with van der Waals surface area (Å²) in [6.07, 6.45) is 4.25. The number of aromatic nitrogens is 4. The van der Waals surface area contributed by atoms with Gasteiger partial charge in [0.1, 0.15) is 5.82 Å². The molecule has 1 fully saturated rings. The smallest absolute Gasteiger partial charge is 0.407 e. The molecule has 0 saturated carbocycles. The lowest BCUT2D eigenvalue weighted by atomic mass is 10.0. The maximum atomic E-state index is 11.1. The molecule has 0 unspecified atom stereocenters. The van der Waals surface area contributed by atoms with Crippen molar-refractivity contribution in [3.05, 3.63) is 60.9 Å². The predicted octanol–water partition coefficient (Wildman–Crippen LogP) is 4.32. The number of amides is 1. The number of hydrogen-bond acceptors (Lipinski definition) is 6. The van der Waals surface area contributed by atoms with Crippen molar-refractivity contribution < 1.29 is 9.90 Å². The Morgan fingerprint density at radius 2 is 1.97 bits per heavy atom. The number of aromatic amines is 1. The summed E-state index contributed by atoms with van der Waals surface area (Å²) in [4.78, 5) is 21.7. The molecule has 162 valence electrons. The van der Waals surface area contributed by atoms with Crippen molar-refractivity contribution in [2.75, 3.05) is 23.7 Å². The lowest BCUT2D eigenvalue weighted by Crippen LogP contribution is -2.41. The number of H-pyrrole nitrogens is 1. The summed E-state index contributed by atoms with van der Waals surface area (Å²) in [7, 11) is 0. The minimum atomic E-state index is -0.847. The van der Waals surface area contributed by atoms with Gasteiger partial charge >= 0.3 is 6.09 Å². The topological polar surface area (TPSA) is 119 Å². The van der Waals surface area contributed by atoms with E-state index < -0.39 is 6.09 Å². The van der Waals surface area contributed by atoms with Crippen LogP contribution in [0, 0.1) is 0 Å². The van der Waals surface area contributed by atoms with Gasteiger partial charge in [-0.3, -0.25) is 5.10 Å². The van der Waals surface area contributed by atoms with E-state index in [-0.39, 0.29) is 6.04 Å². The highest BCUT2D eigenvalue weighted by Crippen LogP contribution is 2.24. The van der Waals surface area contributed by atoms with E-state index in [0.717, 1.165) is 40.7 Å². The SMILES string of the molecule is O=C(O)N1CCC(Nc2cccc(-c3nccc(Nc4ccc5[nH]ncc5c4)n3)c2)CC1. The molecule has 1 amide bonds. The summed E-state index contributed by atoms with van der Waals surface area (Å²) in [5, 5.41) is 24.0. The van der Waals surface area contributed by atoms with Gasteiger partial charge in [0.05, 0.1) is 11.7 Å². The van der Waals surface area contributed by atoms with Crippen molar-refractivity contribution in [3.8, 4) is 11.4 Å². The van der Waals surface area contributed by atoms with E-state index in [1.165, 1.54) is 4.90 Å². The van der Waals surface area contributed by atoms with E-state index in [9.17, 15) is 4.79 Å². The van der Waals surface area contributed by atoms with Gasteiger partial charge in [0.15, 0.2) is 5.82 Å². The molecule has 9 nitrogen and oxygen atoms in total. The third-order valence-electron chi connectivity index (χ3n) is 5.63. The number of likely N-dealkylation sites (tertiary alicyclic amines) is 1. The summed E-state index contributed by atoms with van der Waals surface area (Å²) >= 11 is 0. The lowest BCUT2D eigenvalue weighted by molar-refractivity contribution is 0.134. The predicted molar refractivity (Wildman–Crippen MR) is 123 cm³/mol. The Labute approximate surface area is 184 Å². The number of nitrogens with zero attached hydrogens (tertiary/aromatic N) is 4. The van der Waals surface area contributed by atoms with Crippen LogP contribution in [0.4, 0.5) is 22.0 Å². The first kappa shape index (κ1) is 19.8. The summed E-state index contributed by atoms with van der Waals surface area (Å²) in [6.45, 7) is 1.10. The molecule has 2 aromatic heterocycles. The number of anilines is 3. The van der Waals surface area contributed by atoms with E-state index in [0.29, 0.717) is 24.7 Å². The van der Waals surface area contributed by atoms with Crippen LogP contribution >= 0.6 is 0 Å². The van der Waals surface area contributed by atoms with Gasteiger partial charge in [-0.15, -0.1) is 0 Å². The van der Waals surface area contributed by atoms with Crippen molar-refractivity contribution in [1.29, 1.82) is 0 Å². The highest BCUT2D eigenvalue weighted by atomic mass is 16.4. The van der Waals surface area contributed by atoms with Gasteiger partial charge in [0.2, 0.25) is 0 Å². The second kappa shape index (κ2) is 8.54. The number of carboxylic acid groups (broad SMARTS) is 1. The lowest BCUT2D eigenvalue weighted by Gasteiger charge is -2.31. The zero-order chi connectivity index (χ0) is 21.9. The standard InChI is InChI=1S/C23H23N7O2/c31-23(32)30-10-7-17(8-11-30)26-18-3-1-2-15(12-18)22-24-9-6-21(28-22)27-19-4-5-20-16(13-19)14-25-29-20/h1-6,9,12-14,17,26H,7-8,10-11H2,(H,25,29)(H,31,32)(H,24,27,28). The molecule has 1 saturated heterocycles. The number of carbonyl (C=O) groups is 1. The number of piperidine rings is 1. The second-order valence-corrected chi connectivity index (χ2v) is 7.83. The highest BCUT2D eigenvalue weighted by molar-refractivity contribution is 5.82. The molecule has 3 heterocycles. The average Bonchev–Trinajstić information content (AvgIpc) is 3.28. The van der Waals surface area contributed by atoms with Crippen LogP contribution in [-0.4, -0.2) is 55.4 Å². The van der Waals surface area contributed by atoms with E-state index in [1.54, 1.807) is 12.4 Å². The van der Waals surface area contributed by atoms with E-state index in [4.69, 9.17) is 5.11 Å². The van der Waals surface area contributed by atoms with Crippen LogP contribution < -0.4 is 10.6 Å². The van der Waals surface area contributed by atoms with Crippen LogP contribution in [0.2, 0.25) is 0 Å². The maximum absolute atomic E-state index is 11.1. The van der Waals surface area contributed by atoms with E-state index >= 15 is 0 Å². The Kier molecular flexibility index (Phi) is 5.29. The third kappa shape index (κ3) is 4.31. The monoisotopic (exact) mass is 429 g/mol. The van der Waals surface area contributed by atoms with E-state index in [2.05, 4.69) is 30.8 Å². The zero-order valence-corrected chi connectivity index (χ0v) is 17.3. The molecule has 5 rings (SSSR count). The molecule has 2 aromatic carbocycles. The Hall–Kier alpha value is -4.14. The molecule has 32 heavy (non-hydrogen) atoms. The van der Waals surface area contributed by atoms with Crippen molar-refractivity contribution >= 4 is 34.2 Å². The fourth-order valence-corrected chi connectivity index (χ4v) is 3.93. The van der Waals surface area contributed by atoms with Gasteiger partial charge < -0.3 is 20.6 Å². The minimum absolute atomic E-state index is 0.243. The fraction of sp³-hybridized carbons (Fsp3) is 0.217. The van der Waals surface area contributed by atoms with Crippen molar-refractivity contribution in [1.82, 2.24) is 25.1 Å². The number of benzene rings is 2. The van der Waals surface area contributed by atoms with Gasteiger partial charge in [0, 0.05) is 47.7 Å². The number of nitrogens with one attached hydrogen (secondary N) is 3. The van der Waals surface area contributed by atoms with Gasteiger partial charge in [-0.2, -0.15) is 5.10 Å². The molecule has 9 heteroatoms. The van der Waals surface area contributed by atoms with Crippen LogP contribution in [-0.2, 0) is 0 Å². The summed E-state index contributed by atoms with van der Waals surface area (Å²) in [6, 6.07) is 16.0. The summed E-state index contributed by atoms with van der Waals surface area (Å²) in [5.41, 5.74) is 3.79. The Morgan fingerprint density at radius 3 is 2.81 bits per heavy atom. The Morgan fingerprint density at radius 1 is 1.09 bits per heavy atom. The third-order valence-corrected chi connectivity index (χ3v) is 5.63. The first-order valence-corrected chi connectivity index (χ1v) is 10.5. The van der Waals surface area contributed by atoms with Gasteiger partial charge in [-0.1, -0.05) is 12.1 Å². The van der Waals surface area contributed by atoms with Crippen molar-refractivity contribution in [3.63, 3.8) is 0 Å². The average molecular weight is 429 g/mol. The van der Waals surface area contributed by atoms with Gasteiger partial charge in [0.25, 0.3) is 0 Å². The summed E-state index contributed by atoms with van der Waals surface area (Å²) in [5.74, 6) is 1.33. The molecule has 0 atom stereocenters. The second-order valence-electron chi connectivity index (χ2n) is 7.83. The number of hydrogen-bond donors (Lipinski definition) is 4. The van der Waals surface area contributed by atoms with Crippen LogP contribution in [0.1, 0.15) is 12.8 Å². The summed E-state index contributed by atoms with van der Waals surface area (Å²) < 4.78 is 0. The molecule has 1 aliphatic heterocycles. The molecule has 0 bridgehead atoms. The molecular formula is C23H23N7O2. The van der Waals surface area contributed by atoms with E-state index in [1.807, 2.05) is 48.5 Å². The number of rotatable bonds is 5. The van der Waals surface area contributed by atoms with Crippen molar-refractivity contribution in [2.24, 2.45) is 0 Å². The Bertz CT molecular complexity index is 1250. The maximum Gasteiger partial charge on any atom is 0.407 e. The highest BCUT2D eigenvalue weighted by Gasteiger charge is 2.22. The van der Waals surface area contributed by atoms with Gasteiger partial charge in [-0.05, 0) is 49.2 Å².